The maximum Gasteiger partial charge on any atom is 0.123 e. The molecule has 1 aromatic carbocycles. The molecule has 0 heterocycles. The van der Waals surface area contributed by atoms with Crippen LogP contribution < -0.4 is 5.73 Å². The average molecular weight is 237 g/mol. The molecule has 0 radical (unpaired) electrons. The van der Waals surface area contributed by atoms with Gasteiger partial charge in [-0.05, 0) is 36.5 Å². The highest BCUT2D eigenvalue weighted by molar-refractivity contribution is 5.24. The SMILES string of the molecule is CCC(N)(CCCC(C)C)c1cccc(F)c1. The highest BCUT2D eigenvalue weighted by atomic mass is 19.1. The molecule has 0 aliphatic heterocycles. The third-order valence-corrected chi connectivity index (χ3v) is 3.43. The van der Waals surface area contributed by atoms with Gasteiger partial charge in [-0.2, -0.15) is 0 Å². The average Bonchev–Trinajstić information content (AvgIpc) is 2.28. The molecule has 1 unspecified atom stereocenters. The minimum atomic E-state index is -0.378. The summed E-state index contributed by atoms with van der Waals surface area (Å²) in [5.74, 6) is 0.498. The first-order chi connectivity index (χ1) is 7.98. The molecule has 0 aliphatic rings. The predicted octanol–water partition coefficient (Wildman–Crippen LogP) is 4.22. The topological polar surface area (TPSA) is 26.0 Å². The summed E-state index contributed by atoms with van der Waals surface area (Å²) in [6.45, 7) is 6.50. The van der Waals surface area contributed by atoms with Crippen molar-refractivity contribution in [1.29, 1.82) is 0 Å². The van der Waals surface area contributed by atoms with E-state index >= 15 is 0 Å². The van der Waals surface area contributed by atoms with Crippen molar-refractivity contribution in [2.45, 2.75) is 52.0 Å². The smallest absolute Gasteiger partial charge is 0.123 e. The van der Waals surface area contributed by atoms with Crippen LogP contribution in [0.2, 0.25) is 0 Å². The van der Waals surface area contributed by atoms with Gasteiger partial charge in [0, 0.05) is 5.54 Å². The molecule has 2 N–H and O–H groups in total. The second-order valence-corrected chi connectivity index (χ2v) is 5.31. The lowest BCUT2D eigenvalue weighted by Crippen LogP contribution is -2.36. The summed E-state index contributed by atoms with van der Waals surface area (Å²) < 4.78 is 13.2. The maximum atomic E-state index is 13.2. The van der Waals surface area contributed by atoms with E-state index in [9.17, 15) is 4.39 Å². The minimum Gasteiger partial charge on any atom is -0.321 e. The Bertz CT molecular complexity index is 349. The number of hydrogen-bond donors (Lipinski definition) is 1. The van der Waals surface area contributed by atoms with Gasteiger partial charge in [0.15, 0.2) is 0 Å². The summed E-state index contributed by atoms with van der Waals surface area (Å²) in [7, 11) is 0. The van der Waals surface area contributed by atoms with Crippen molar-refractivity contribution in [3.8, 4) is 0 Å². The van der Waals surface area contributed by atoms with Crippen LogP contribution in [-0.4, -0.2) is 0 Å². The molecule has 0 bridgehead atoms. The Hall–Kier alpha value is -0.890. The molecule has 0 aromatic heterocycles. The molecule has 0 spiro atoms. The van der Waals surface area contributed by atoms with Gasteiger partial charge in [-0.1, -0.05) is 45.7 Å². The molecule has 1 aromatic rings. The minimum absolute atomic E-state index is 0.199. The van der Waals surface area contributed by atoms with Gasteiger partial charge in [-0.3, -0.25) is 0 Å². The highest BCUT2D eigenvalue weighted by Gasteiger charge is 2.24. The largest absolute Gasteiger partial charge is 0.321 e. The van der Waals surface area contributed by atoms with Gasteiger partial charge in [0.25, 0.3) is 0 Å². The molecule has 96 valence electrons. The van der Waals surface area contributed by atoms with Gasteiger partial charge in [0.2, 0.25) is 0 Å². The van der Waals surface area contributed by atoms with Crippen molar-refractivity contribution in [1.82, 2.24) is 0 Å². The van der Waals surface area contributed by atoms with Crippen LogP contribution in [0, 0.1) is 11.7 Å². The summed E-state index contributed by atoms with van der Waals surface area (Å²) >= 11 is 0. The zero-order valence-electron chi connectivity index (χ0n) is 11.2. The van der Waals surface area contributed by atoms with E-state index in [4.69, 9.17) is 5.73 Å². The van der Waals surface area contributed by atoms with Crippen LogP contribution in [-0.2, 0) is 5.54 Å². The Morgan fingerprint density at radius 2 is 2.06 bits per heavy atom. The molecule has 0 saturated heterocycles. The zero-order valence-corrected chi connectivity index (χ0v) is 11.2. The molecule has 1 rings (SSSR count). The fraction of sp³-hybridized carbons (Fsp3) is 0.600. The van der Waals surface area contributed by atoms with E-state index < -0.39 is 0 Å². The molecule has 17 heavy (non-hydrogen) atoms. The van der Waals surface area contributed by atoms with Gasteiger partial charge in [-0.25, -0.2) is 4.39 Å². The van der Waals surface area contributed by atoms with Crippen LogP contribution in [0.25, 0.3) is 0 Å². The number of benzene rings is 1. The normalized spacial score (nSPS) is 14.9. The van der Waals surface area contributed by atoms with Crippen LogP contribution in [0.3, 0.4) is 0 Å². The maximum absolute atomic E-state index is 13.2. The Balaban J connectivity index is 2.73. The number of rotatable bonds is 6. The van der Waals surface area contributed by atoms with Gasteiger partial charge in [-0.15, -0.1) is 0 Å². The van der Waals surface area contributed by atoms with E-state index in [1.807, 2.05) is 6.07 Å². The van der Waals surface area contributed by atoms with E-state index in [1.54, 1.807) is 12.1 Å². The van der Waals surface area contributed by atoms with Crippen molar-refractivity contribution < 1.29 is 4.39 Å². The highest BCUT2D eigenvalue weighted by Crippen LogP contribution is 2.29. The summed E-state index contributed by atoms with van der Waals surface area (Å²) in [4.78, 5) is 0. The quantitative estimate of drug-likeness (QED) is 0.787. The second-order valence-electron chi connectivity index (χ2n) is 5.31. The monoisotopic (exact) mass is 237 g/mol. The third-order valence-electron chi connectivity index (χ3n) is 3.43. The molecular formula is C15H24FN. The first-order valence-corrected chi connectivity index (χ1v) is 6.53. The molecule has 0 fully saturated rings. The standard InChI is InChI=1S/C15H24FN/c1-4-15(17,10-6-7-12(2)3)13-8-5-9-14(16)11-13/h5,8-9,11-12H,4,6-7,10,17H2,1-3H3. The van der Waals surface area contributed by atoms with Crippen LogP contribution in [0.1, 0.15) is 52.0 Å². The fourth-order valence-electron chi connectivity index (χ4n) is 2.15. The molecule has 1 nitrogen and oxygen atoms in total. The third kappa shape index (κ3) is 4.12. The van der Waals surface area contributed by atoms with Crippen LogP contribution in [0.5, 0.6) is 0 Å². The second kappa shape index (κ2) is 6.15. The van der Waals surface area contributed by atoms with E-state index in [0.717, 1.165) is 24.8 Å². The van der Waals surface area contributed by atoms with Crippen molar-refractivity contribution in [3.63, 3.8) is 0 Å². The van der Waals surface area contributed by atoms with Gasteiger partial charge >= 0.3 is 0 Å². The van der Waals surface area contributed by atoms with E-state index in [1.165, 1.54) is 12.5 Å². The lowest BCUT2D eigenvalue weighted by Gasteiger charge is -2.29. The Morgan fingerprint density at radius 1 is 1.35 bits per heavy atom. The summed E-state index contributed by atoms with van der Waals surface area (Å²) in [6, 6.07) is 6.71. The van der Waals surface area contributed by atoms with E-state index in [2.05, 4.69) is 20.8 Å². The lowest BCUT2D eigenvalue weighted by molar-refractivity contribution is 0.362. The summed E-state index contributed by atoms with van der Waals surface area (Å²) in [6.07, 6.45) is 4.03. The first kappa shape index (κ1) is 14.2. The number of halogens is 1. The lowest BCUT2D eigenvalue weighted by atomic mass is 9.83. The summed E-state index contributed by atoms with van der Waals surface area (Å²) in [5, 5.41) is 0. The summed E-state index contributed by atoms with van der Waals surface area (Å²) in [5.41, 5.74) is 6.95. The molecule has 0 aliphatic carbocycles. The van der Waals surface area contributed by atoms with Gasteiger partial charge < -0.3 is 5.73 Å². The molecule has 0 saturated carbocycles. The van der Waals surface area contributed by atoms with Crippen LogP contribution in [0.15, 0.2) is 24.3 Å². The van der Waals surface area contributed by atoms with Crippen molar-refractivity contribution in [2.75, 3.05) is 0 Å². The fourth-order valence-corrected chi connectivity index (χ4v) is 2.15. The van der Waals surface area contributed by atoms with Crippen molar-refractivity contribution in [3.05, 3.63) is 35.6 Å². The number of nitrogens with two attached hydrogens (primary N) is 1. The van der Waals surface area contributed by atoms with E-state index in [0.29, 0.717) is 5.92 Å². The molecule has 0 amide bonds. The van der Waals surface area contributed by atoms with Gasteiger partial charge in [0.1, 0.15) is 5.82 Å². The molecular weight excluding hydrogens is 213 g/mol. The van der Waals surface area contributed by atoms with E-state index in [-0.39, 0.29) is 11.4 Å². The molecule has 2 heteroatoms. The number of hydrogen-bond acceptors (Lipinski definition) is 1. The van der Waals surface area contributed by atoms with Crippen LogP contribution in [0.4, 0.5) is 4.39 Å². The molecule has 1 atom stereocenters. The van der Waals surface area contributed by atoms with Gasteiger partial charge in [0.05, 0.1) is 0 Å². The Morgan fingerprint density at radius 3 is 2.59 bits per heavy atom. The first-order valence-electron chi connectivity index (χ1n) is 6.53. The zero-order chi connectivity index (χ0) is 12.9. The predicted molar refractivity (Wildman–Crippen MR) is 71.2 cm³/mol. The van der Waals surface area contributed by atoms with Crippen LogP contribution >= 0.6 is 0 Å². The Labute approximate surface area is 104 Å². The Kier molecular flexibility index (Phi) is 5.13. The van der Waals surface area contributed by atoms with Crippen molar-refractivity contribution >= 4 is 0 Å². The van der Waals surface area contributed by atoms with Crippen molar-refractivity contribution in [2.24, 2.45) is 11.7 Å².